The molecule has 0 aliphatic carbocycles. The third kappa shape index (κ3) is 9.30. The van der Waals surface area contributed by atoms with Gasteiger partial charge in [0, 0.05) is 13.1 Å². The lowest BCUT2D eigenvalue weighted by molar-refractivity contribution is -0.143. The average Bonchev–Trinajstić information content (AvgIpc) is 1.97. The van der Waals surface area contributed by atoms with Crippen molar-refractivity contribution in [1.29, 1.82) is 0 Å². The Balaban J connectivity index is 3.31. The highest BCUT2D eigenvalue weighted by Crippen LogP contribution is 1.96. The predicted molar refractivity (Wildman–Crippen MR) is 50.4 cm³/mol. The zero-order chi connectivity index (χ0) is 10.3. The second kappa shape index (κ2) is 5.94. The number of hydrogen-bond acceptors (Lipinski definition) is 4. The molecule has 0 aliphatic rings. The maximum absolute atomic E-state index is 10.8. The van der Waals surface area contributed by atoms with E-state index in [2.05, 4.69) is 5.32 Å². The van der Waals surface area contributed by atoms with Gasteiger partial charge in [-0.1, -0.05) is 0 Å². The summed E-state index contributed by atoms with van der Waals surface area (Å²) in [5, 5.41) is 12.3. The number of carbonyl (C=O) groups excluding carboxylic acids is 1. The summed E-state index contributed by atoms with van der Waals surface area (Å²) in [6, 6.07) is 0. The van der Waals surface area contributed by atoms with Crippen molar-refractivity contribution in [2.24, 2.45) is 0 Å². The van der Waals surface area contributed by atoms with Crippen molar-refractivity contribution in [2.45, 2.75) is 32.8 Å². The standard InChI is InChI=1S/C9H19NO3/c1-4-13-8(11)5-6-10-7-9(2,3)12/h10,12H,4-7H2,1-3H3. The molecular weight excluding hydrogens is 170 g/mol. The fourth-order valence-electron chi connectivity index (χ4n) is 0.818. The van der Waals surface area contributed by atoms with Gasteiger partial charge in [-0.15, -0.1) is 0 Å². The van der Waals surface area contributed by atoms with E-state index >= 15 is 0 Å². The Morgan fingerprint density at radius 2 is 2.15 bits per heavy atom. The lowest BCUT2D eigenvalue weighted by Gasteiger charge is -2.17. The van der Waals surface area contributed by atoms with Crippen LogP contribution in [0.3, 0.4) is 0 Å². The molecule has 0 radical (unpaired) electrons. The number of rotatable bonds is 6. The number of hydrogen-bond donors (Lipinski definition) is 2. The van der Waals surface area contributed by atoms with Gasteiger partial charge in [0.15, 0.2) is 0 Å². The largest absolute Gasteiger partial charge is 0.466 e. The third-order valence-electron chi connectivity index (χ3n) is 1.37. The molecule has 0 aromatic carbocycles. The Morgan fingerprint density at radius 1 is 1.54 bits per heavy atom. The first-order valence-corrected chi connectivity index (χ1v) is 4.54. The highest BCUT2D eigenvalue weighted by Gasteiger charge is 2.11. The highest BCUT2D eigenvalue weighted by molar-refractivity contribution is 5.69. The summed E-state index contributed by atoms with van der Waals surface area (Å²) < 4.78 is 4.73. The lowest BCUT2D eigenvalue weighted by atomic mass is 10.1. The molecule has 4 nitrogen and oxygen atoms in total. The van der Waals surface area contributed by atoms with E-state index < -0.39 is 5.60 Å². The van der Waals surface area contributed by atoms with Crippen LogP contribution in [-0.4, -0.2) is 36.4 Å². The van der Waals surface area contributed by atoms with Gasteiger partial charge in [0.05, 0.1) is 18.6 Å². The van der Waals surface area contributed by atoms with Gasteiger partial charge in [-0.25, -0.2) is 0 Å². The molecule has 4 heteroatoms. The second-order valence-corrected chi connectivity index (χ2v) is 3.54. The van der Waals surface area contributed by atoms with Crippen molar-refractivity contribution < 1.29 is 14.6 Å². The van der Waals surface area contributed by atoms with E-state index in [1.807, 2.05) is 0 Å². The van der Waals surface area contributed by atoms with Crippen LogP contribution < -0.4 is 5.32 Å². The molecule has 0 atom stereocenters. The molecule has 0 rings (SSSR count). The molecule has 0 aromatic rings. The first-order valence-electron chi connectivity index (χ1n) is 4.54. The summed E-state index contributed by atoms with van der Waals surface area (Å²) in [6.45, 7) is 6.65. The number of nitrogens with one attached hydrogen (secondary N) is 1. The number of ether oxygens (including phenoxy) is 1. The minimum atomic E-state index is -0.728. The smallest absolute Gasteiger partial charge is 0.307 e. The van der Waals surface area contributed by atoms with E-state index in [4.69, 9.17) is 4.74 Å². The normalized spacial score (nSPS) is 11.4. The van der Waals surface area contributed by atoms with Gasteiger partial charge in [0.1, 0.15) is 0 Å². The van der Waals surface area contributed by atoms with E-state index in [0.29, 0.717) is 26.1 Å². The summed E-state index contributed by atoms with van der Waals surface area (Å²) in [6.07, 6.45) is 0.351. The zero-order valence-corrected chi connectivity index (χ0v) is 8.59. The highest BCUT2D eigenvalue weighted by atomic mass is 16.5. The van der Waals surface area contributed by atoms with Crippen molar-refractivity contribution in [3.8, 4) is 0 Å². The van der Waals surface area contributed by atoms with Crippen LogP contribution in [0.5, 0.6) is 0 Å². The summed E-state index contributed by atoms with van der Waals surface area (Å²) in [5.74, 6) is -0.203. The molecule has 78 valence electrons. The summed E-state index contributed by atoms with van der Waals surface area (Å²) >= 11 is 0. The Hall–Kier alpha value is -0.610. The van der Waals surface area contributed by atoms with Crippen LogP contribution >= 0.6 is 0 Å². The first kappa shape index (κ1) is 12.4. The molecule has 0 amide bonds. The van der Waals surface area contributed by atoms with Gasteiger partial charge < -0.3 is 15.2 Å². The molecule has 0 saturated heterocycles. The SMILES string of the molecule is CCOC(=O)CCNCC(C)(C)O. The number of carbonyl (C=O) groups is 1. The van der Waals surface area contributed by atoms with Crippen LogP contribution in [0, 0.1) is 0 Å². The van der Waals surface area contributed by atoms with E-state index in [-0.39, 0.29) is 5.97 Å². The third-order valence-corrected chi connectivity index (χ3v) is 1.37. The van der Waals surface area contributed by atoms with E-state index in [1.54, 1.807) is 20.8 Å². The van der Waals surface area contributed by atoms with Crippen LogP contribution in [0.4, 0.5) is 0 Å². The van der Waals surface area contributed by atoms with E-state index in [9.17, 15) is 9.90 Å². The molecule has 0 aliphatic heterocycles. The molecule has 0 aromatic heterocycles. The zero-order valence-electron chi connectivity index (χ0n) is 8.59. The molecule has 0 unspecified atom stereocenters. The maximum Gasteiger partial charge on any atom is 0.307 e. The van der Waals surface area contributed by atoms with Crippen LogP contribution in [0.25, 0.3) is 0 Å². The molecule has 0 saturated carbocycles. The van der Waals surface area contributed by atoms with E-state index in [1.165, 1.54) is 0 Å². The Morgan fingerprint density at radius 3 is 2.62 bits per heavy atom. The predicted octanol–water partition coefficient (Wildman–Crippen LogP) is 0.300. The topological polar surface area (TPSA) is 58.6 Å². The molecule has 0 spiro atoms. The molecule has 0 fully saturated rings. The summed E-state index contributed by atoms with van der Waals surface area (Å²) in [7, 11) is 0. The average molecular weight is 189 g/mol. The van der Waals surface area contributed by atoms with Crippen molar-refractivity contribution in [2.75, 3.05) is 19.7 Å². The van der Waals surface area contributed by atoms with Gasteiger partial charge in [-0.2, -0.15) is 0 Å². The number of aliphatic hydroxyl groups is 1. The van der Waals surface area contributed by atoms with Gasteiger partial charge in [-0.3, -0.25) is 4.79 Å². The lowest BCUT2D eigenvalue weighted by Crippen LogP contribution is -2.35. The van der Waals surface area contributed by atoms with Crippen LogP contribution in [0.2, 0.25) is 0 Å². The molecular formula is C9H19NO3. The fourth-order valence-corrected chi connectivity index (χ4v) is 0.818. The van der Waals surface area contributed by atoms with Gasteiger partial charge in [0.25, 0.3) is 0 Å². The van der Waals surface area contributed by atoms with Crippen LogP contribution in [0.1, 0.15) is 27.2 Å². The van der Waals surface area contributed by atoms with Crippen LogP contribution in [-0.2, 0) is 9.53 Å². The molecule has 0 bridgehead atoms. The summed E-state index contributed by atoms with van der Waals surface area (Å²) in [4.78, 5) is 10.8. The van der Waals surface area contributed by atoms with E-state index in [0.717, 1.165) is 0 Å². The summed E-state index contributed by atoms with van der Waals surface area (Å²) in [5.41, 5.74) is -0.728. The Kier molecular flexibility index (Phi) is 5.66. The fraction of sp³-hybridized carbons (Fsp3) is 0.889. The Bertz CT molecular complexity index is 151. The van der Waals surface area contributed by atoms with Gasteiger partial charge in [0.2, 0.25) is 0 Å². The molecule has 13 heavy (non-hydrogen) atoms. The minimum Gasteiger partial charge on any atom is -0.466 e. The minimum absolute atomic E-state index is 0.203. The van der Waals surface area contributed by atoms with Crippen molar-refractivity contribution in [3.05, 3.63) is 0 Å². The molecule has 0 heterocycles. The van der Waals surface area contributed by atoms with Crippen molar-refractivity contribution in [3.63, 3.8) is 0 Å². The Labute approximate surface area is 79.3 Å². The van der Waals surface area contributed by atoms with Crippen molar-refractivity contribution >= 4 is 5.97 Å². The van der Waals surface area contributed by atoms with Gasteiger partial charge >= 0.3 is 5.97 Å². The maximum atomic E-state index is 10.8. The van der Waals surface area contributed by atoms with Crippen LogP contribution in [0.15, 0.2) is 0 Å². The second-order valence-electron chi connectivity index (χ2n) is 3.54. The monoisotopic (exact) mass is 189 g/mol. The van der Waals surface area contributed by atoms with Crippen molar-refractivity contribution in [1.82, 2.24) is 5.32 Å². The van der Waals surface area contributed by atoms with Gasteiger partial charge in [-0.05, 0) is 20.8 Å². The quantitative estimate of drug-likeness (QED) is 0.466. The first-order chi connectivity index (χ1) is 5.95. The number of esters is 1. The molecule has 2 N–H and O–H groups in total.